The fraction of sp³-hybridized carbons (Fsp3) is 0.833. The summed E-state index contributed by atoms with van der Waals surface area (Å²) in [5, 5.41) is 4.43. The van der Waals surface area contributed by atoms with Gasteiger partial charge in [0.15, 0.2) is 0 Å². The molecule has 1 aliphatic carbocycles. The first-order chi connectivity index (χ1) is 8.25. The maximum absolute atomic E-state index is 5.41. The van der Waals surface area contributed by atoms with Crippen molar-refractivity contribution in [1.82, 2.24) is 9.36 Å². The van der Waals surface area contributed by atoms with Crippen LogP contribution in [-0.4, -0.2) is 29.1 Å². The average molecular weight is 253 g/mol. The third-order valence-electron chi connectivity index (χ3n) is 3.75. The van der Waals surface area contributed by atoms with Gasteiger partial charge in [0.2, 0.25) is 5.13 Å². The number of anilines is 1. The Bertz CT molecular complexity index is 383. The van der Waals surface area contributed by atoms with Crippen molar-refractivity contribution in [2.75, 3.05) is 25.1 Å². The molecule has 2 aliphatic rings. The molecule has 1 aromatic heterocycles. The van der Waals surface area contributed by atoms with Crippen LogP contribution in [0.5, 0.6) is 0 Å². The van der Waals surface area contributed by atoms with Gasteiger partial charge < -0.3 is 10.1 Å². The van der Waals surface area contributed by atoms with E-state index in [-0.39, 0.29) is 0 Å². The van der Waals surface area contributed by atoms with Crippen molar-refractivity contribution in [2.24, 2.45) is 5.41 Å². The predicted molar refractivity (Wildman–Crippen MR) is 68.5 cm³/mol. The standard InChI is InChI=1S/C12H19N3OS/c1-12(4-6-16-7-5-12)8-13-11-14-10(15-17-11)9-2-3-9/h9H,2-8H2,1H3,(H,13,14,15). The van der Waals surface area contributed by atoms with E-state index >= 15 is 0 Å². The number of ether oxygens (including phenoxy) is 1. The second-order valence-electron chi connectivity index (χ2n) is 5.51. The van der Waals surface area contributed by atoms with E-state index < -0.39 is 0 Å². The van der Waals surface area contributed by atoms with Gasteiger partial charge in [-0.15, -0.1) is 0 Å². The minimum absolute atomic E-state index is 0.351. The van der Waals surface area contributed by atoms with Gasteiger partial charge in [0, 0.05) is 37.2 Å². The molecule has 1 N–H and O–H groups in total. The van der Waals surface area contributed by atoms with Gasteiger partial charge in [-0.25, -0.2) is 4.98 Å². The Hall–Kier alpha value is -0.680. The Labute approximate surface area is 106 Å². The highest BCUT2D eigenvalue weighted by Crippen LogP contribution is 2.39. The highest BCUT2D eigenvalue weighted by atomic mass is 32.1. The van der Waals surface area contributed by atoms with E-state index in [0.717, 1.165) is 43.6 Å². The maximum Gasteiger partial charge on any atom is 0.202 e. The monoisotopic (exact) mass is 253 g/mol. The van der Waals surface area contributed by atoms with Gasteiger partial charge in [0.1, 0.15) is 5.82 Å². The molecule has 0 amide bonds. The smallest absolute Gasteiger partial charge is 0.202 e. The quantitative estimate of drug-likeness (QED) is 0.896. The Balaban J connectivity index is 1.55. The molecule has 1 saturated carbocycles. The first-order valence-electron chi connectivity index (χ1n) is 6.40. The summed E-state index contributed by atoms with van der Waals surface area (Å²) in [6, 6.07) is 0. The molecule has 4 nitrogen and oxygen atoms in total. The predicted octanol–water partition coefficient (Wildman–Crippen LogP) is 2.64. The summed E-state index contributed by atoms with van der Waals surface area (Å²) in [6.07, 6.45) is 4.80. The zero-order valence-electron chi connectivity index (χ0n) is 10.2. The summed E-state index contributed by atoms with van der Waals surface area (Å²) in [6.45, 7) is 5.09. The van der Waals surface area contributed by atoms with E-state index in [1.165, 1.54) is 24.4 Å². The summed E-state index contributed by atoms with van der Waals surface area (Å²) in [5.74, 6) is 1.70. The van der Waals surface area contributed by atoms with Crippen LogP contribution >= 0.6 is 11.5 Å². The lowest BCUT2D eigenvalue weighted by atomic mass is 9.82. The van der Waals surface area contributed by atoms with E-state index in [4.69, 9.17) is 4.74 Å². The molecule has 0 bridgehead atoms. The third kappa shape index (κ3) is 2.77. The molecule has 94 valence electrons. The molecule has 1 saturated heterocycles. The first-order valence-corrected chi connectivity index (χ1v) is 7.18. The minimum atomic E-state index is 0.351. The van der Waals surface area contributed by atoms with Gasteiger partial charge in [-0.1, -0.05) is 6.92 Å². The molecule has 2 fully saturated rings. The number of nitrogens with zero attached hydrogens (tertiary/aromatic N) is 2. The molecule has 2 heterocycles. The number of aromatic nitrogens is 2. The van der Waals surface area contributed by atoms with Gasteiger partial charge in [-0.2, -0.15) is 4.37 Å². The van der Waals surface area contributed by atoms with Crippen LogP contribution in [0.15, 0.2) is 0 Å². The summed E-state index contributed by atoms with van der Waals surface area (Å²) >= 11 is 1.50. The molecule has 5 heteroatoms. The van der Waals surface area contributed by atoms with Crippen molar-refractivity contribution < 1.29 is 4.74 Å². The first kappa shape index (κ1) is 11.4. The lowest BCUT2D eigenvalue weighted by molar-refractivity contribution is 0.0300. The van der Waals surface area contributed by atoms with E-state index in [9.17, 15) is 0 Å². The normalized spacial score (nSPS) is 23.6. The van der Waals surface area contributed by atoms with Crippen molar-refractivity contribution in [3.8, 4) is 0 Å². The number of hydrogen-bond donors (Lipinski definition) is 1. The molecule has 0 unspecified atom stereocenters. The summed E-state index contributed by atoms with van der Waals surface area (Å²) in [5.41, 5.74) is 0.351. The zero-order chi connectivity index (χ0) is 11.7. The Morgan fingerprint density at radius 1 is 1.41 bits per heavy atom. The van der Waals surface area contributed by atoms with Crippen LogP contribution in [-0.2, 0) is 4.74 Å². The van der Waals surface area contributed by atoms with E-state index in [0.29, 0.717) is 11.3 Å². The maximum atomic E-state index is 5.41. The summed E-state index contributed by atoms with van der Waals surface area (Å²) < 4.78 is 9.82. The molecular formula is C12H19N3OS. The molecule has 1 aromatic rings. The van der Waals surface area contributed by atoms with Crippen molar-refractivity contribution in [2.45, 2.75) is 38.5 Å². The van der Waals surface area contributed by atoms with Crippen molar-refractivity contribution >= 4 is 16.7 Å². The van der Waals surface area contributed by atoms with Gasteiger partial charge in [-0.3, -0.25) is 0 Å². The fourth-order valence-corrected chi connectivity index (χ4v) is 2.78. The number of nitrogens with one attached hydrogen (secondary N) is 1. The average Bonchev–Trinajstić information content (AvgIpc) is 3.07. The second-order valence-corrected chi connectivity index (χ2v) is 6.26. The molecule has 1 aliphatic heterocycles. The highest BCUT2D eigenvalue weighted by Gasteiger charge is 2.29. The van der Waals surface area contributed by atoms with E-state index in [2.05, 4.69) is 21.6 Å². The van der Waals surface area contributed by atoms with Crippen LogP contribution < -0.4 is 5.32 Å². The molecular weight excluding hydrogens is 234 g/mol. The molecule has 0 radical (unpaired) electrons. The van der Waals surface area contributed by atoms with Gasteiger partial charge in [0.25, 0.3) is 0 Å². The SMILES string of the molecule is CC1(CNc2nc(C3CC3)ns2)CCOCC1. The van der Waals surface area contributed by atoms with E-state index in [1.807, 2.05) is 0 Å². The van der Waals surface area contributed by atoms with Gasteiger partial charge >= 0.3 is 0 Å². The lowest BCUT2D eigenvalue weighted by Gasteiger charge is -2.33. The summed E-state index contributed by atoms with van der Waals surface area (Å²) in [7, 11) is 0. The van der Waals surface area contributed by atoms with Crippen LogP contribution in [0.25, 0.3) is 0 Å². The fourth-order valence-electron chi connectivity index (χ4n) is 2.14. The Morgan fingerprint density at radius 2 is 2.18 bits per heavy atom. The highest BCUT2D eigenvalue weighted by molar-refractivity contribution is 7.09. The lowest BCUT2D eigenvalue weighted by Crippen LogP contribution is -2.33. The molecule has 0 spiro atoms. The molecule has 0 atom stereocenters. The van der Waals surface area contributed by atoms with Gasteiger partial charge in [0.05, 0.1) is 0 Å². The largest absolute Gasteiger partial charge is 0.381 e. The van der Waals surface area contributed by atoms with Crippen molar-refractivity contribution in [3.05, 3.63) is 5.82 Å². The van der Waals surface area contributed by atoms with Crippen LogP contribution in [0.2, 0.25) is 0 Å². The second kappa shape index (κ2) is 4.53. The van der Waals surface area contributed by atoms with Gasteiger partial charge in [-0.05, 0) is 31.1 Å². The van der Waals surface area contributed by atoms with E-state index in [1.54, 1.807) is 0 Å². The van der Waals surface area contributed by atoms with Crippen LogP contribution in [0.3, 0.4) is 0 Å². The third-order valence-corrected chi connectivity index (χ3v) is 4.44. The summed E-state index contributed by atoms with van der Waals surface area (Å²) in [4.78, 5) is 4.55. The minimum Gasteiger partial charge on any atom is -0.381 e. The molecule has 3 rings (SSSR count). The number of hydrogen-bond acceptors (Lipinski definition) is 5. The van der Waals surface area contributed by atoms with Crippen LogP contribution in [0, 0.1) is 5.41 Å². The van der Waals surface area contributed by atoms with Crippen molar-refractivity contribution in [3.63, 3.8) is 0 Å². The number of rotatable bonds is 4. The topological polar surface area (TPSA) is 47.0 Å². The Morgan fingerprint density at radius 3 is 2.88 bits per heavy atom. The zero-order valence-corrected chi connectivity index (χ0v) is 11.1. The van der Waals surface area contributed by atoms with Crippen molar-refractivity contribution in [1.29, 1.82) is 0 Å². The van der Waals surface area contributed by atoms with Crippen LogP contribution in [0.1, 0.15) is 44.3 Å². The Kier molecular flexibility index (Phi) is 3.04. The molecule has 17 heavy (non-hydrogen) atoms. The molecule has 0 aromatic carbocycles. The van der Waals surface area contributed by atoms with Crippen LogP contribution in [0.4, 0.5) is 5.13 Å².